The Labute approximate surface area is 103 Å². The van der Waals surface area contributed by atoms with Crippen molar-refractivity contribution in [3.8, 4) is 0 Å². The number of hydrogen-bond acceptors (Lipinski definition) is 2. The van der Waals surface area contributed by atoms with Crippen LogP contribution in [0.5, 0.6) is 0 Å². The number of fused-ring (bicyclic) bond motifs is 1. The SMILES string of the molecule is CCC(CC)C(N)c1cc2cc(C)ccc2o1. The maximum Gasteiger partial charge on any atom is 0.134 e. The number of rotatable bonds is 4. The van der Waals surface area contributed by atoms with Crippen LogP contribution in [0.3, 0.4) is 0 Å². The highest BCUT2D eigenvalue weighted by molar-refractivity contribution is 5.78. The Morgan fingerprint density at radius 3 is 2.53 bits per heavy atom. The summed E-state index contributed by atoms with van der Waals surface area (Å²) in [7, 11) is 0. The number of nitrogens with two attached hydrogens (primary N) is 1. The maximum atomic E-state index is 6.27. The Morgan fingerprint density at radius 1 is 1.18 bits per heavy atom. The number of hydrogen-bond donors (Lipinski definition) is 1. The summed E-state index contributed by atoms with van der Waals surface area (Å²) in [5, 5.41) is 1.15. The highest BCUT2D eigenvalue weighted by Crippen LogP contribution is 2.30. The van der Waals surface area contributed by atoms with E-state index in [-0.39, 0.29) is 6.04 Å². The van der Waals surface area contributed by atoms with E-state index < -0.39 is 0 Å². The fourth-order valence-electron chi connectivity index (χ4n) is 2.38. The van der Waals surface area contributed by atoms with E-state index in [1.807, 2.05) is 6.07 Å². The van der Waals surface area contributed by atoms with Gasteiger partial charge in [-0.15, -0.1) is 0 Å². The molecular formula is C15H21NO. The van der Waals surface area contributed by atoms with E-state index in [1.165, 1.54) is 5.56 Å². The molecule has 92 valence electrons. The average molecular weight is 231 g/mol. The van der Waals surface area contributed by atoms with Crippen LogP contribution >= 0.6 is 0 Å². The van der Waals surface area contributed by atoms with E-state index >= 15 is 0 Å². The summed E-state index contributed by atoms with van der Waals surface area (Å²) in [6, 6.07) is 8.33. The third-order valence-electron chi connectivity index (χ3n) is 3.58. The van der Waals surface area contributed by atoms with Crippen molar-refractivity contribution in [2.24, 2.45) is 11.7 Å². The van der Waals surface area contributed by atoms with Crippen LogP contribution < -0.4 is 5.73 Å². The molecule has 2 nitrogen and oxygen atoms in total. The molecule has 2 N–H and O–H groups in total. The van der Waals surface area contributed by atoms with Gasteiger partial charge in [-0.25, -0.2) is 0 Å². The summed E-state index contributed by atoms with van der Waals surface area (Å²) in [4.78, 5) is 0. The molecule has 0 amide bonds. The number of benzene rings is 1. The minimum atomic E-state index is 0.0118. The van der Waals surface area contributed by atoms with Crippen molar-refractivity contribution in [3.63, 3.8) is 0 Å². The second-order valence-electron chi connectivity index (χ2n) is 4.79. The summed E-state index contributed by atoms with van der Waals surface area (Å²) < 4.78 is 5.84. The van der Waals surface area contributed by atoms with Crippen molar-refractivity contribution in [1.82, 2.24) is 0 Å². The van der Waals surface area contributed by atoms with Crippen LogP contribution in [0.1, 0.15) is 44.1 Å². The van der Waals surface area contributed by atoms with Crippen LogP contribution in [-0.4, -0.2) is 0 Å². The molecule has 0 radical (unpaired) electrons. The van der Waals surface area contributed by atoms with Crippen LogP contribution in [0.2, 0.25) is 0 Å². The van der Waals surface area contributed by atoms with Crippen molar-refractivity contribution in [3.05, 3.63) is 35.6 Å². The van der Waals surface area contributed by atoms with Crippen molar-refractivity contribution in [1.29, 1.82) is 0 Å². The maximum absolute atomic E-state index is 6.27. The molecule has 0 aliphatic carbocycles. The van der Waals surface area contributed by atoms with Gasteiger partial charge >= 0.3 is 0 Å². The van der Waals surface area contributed by atoms with Crippen molar-refractivity contribution in [2.45, 2.75) is 39.7 Å². The van der Waals surface area contributed by atoms with Crippen LogP contribution in [0, 0.1) is 12.8 Å². The predicted molar refractivity (Wildman–Crippen MR) is 72.0 cm³/mol. The molecule has 0 fully saturated rings. The molecule has 1 aromatic heterocycles. The van der Waals surface area contributed by atoms with Crippen molar-refractivity contribution >= 4 is 11.0 Å². The molecule has 0 aliphatic rings. The molecule has 0 bridgehead atoms. The van der Waals surface area contributed by atoms with Gasteiger partial charge in [0.1, 0.15) is 11.3 Å². The van der Waals surface area contributed by atoms with Gasteiger partial charge in [-0.1, -0.05) is 38.3 Å². The first-order valence-corrected chi connectivity index (χ1v) is 6.41. The molecular weight excluding hydrogens is 210 g/mol. The Balaban J connectivity index is 2.35. The van der Waals surface area contributed by atoms with E-state index in [1.54, 1.807) is 0 Å². The zero-order valence-electron chi connectivity index (χ0n) is 10.9. The van der Waals surface area contributed by atoms with Gasteiger partial charge < -0.3 is 10.2 Å². The summed E-state index contributed by atoms with van der Waals surface area (Å²) in [5.41, 5.74) is 8.46. The Bertz CT molecular complexity index is 497. The molecule has 1 aromatic carbocycles. The summed E-state index contributed by atoms with van der Waals surface area (Å²) in [6.45, 7) is 6.45. The monoisotopic (exact) mass is 231 g/mol. The van der Waals surface area contributed by atoms with Gasteiger partial charge in [0.25, 0.3) is 0 Å². The lowest BCUT2D eigenvalue weighted by molar-refractivity contribution is 0.355. The molecule has 0 saturated carbocycles. The second kappa shape index (κ2) is 4.92. The van der Waals surface area contributed by atoms with E-state index in [9.17, 15) is 0 Å². The lowest BCUT2D eigenvalue weighted by Crippen LogP contribution is -2.19. The third-order valence-corrected chi connectivity index (χ3v) is 3.58. The van der Waals surface area contributed by atoms with Gasteiger partial charge in [-0.2, -0.15) is 0 Å². The smallest absolute Gasteiger partial charge is 0.134 e. The Morgan fingerprint density at radius 2 is 1.88 bits per heavy atom. The molecule has 2 aromatic rings. The lowest BCUT2D eigenvalue weighted by Gasteiger charge is -2.18. The molecule has 2 heteroatoms. The van der Waals surface area contributed by atoms with E-state index in [0.29, 0.717) is 5.92 Å². The van der Waals surface area contributed by atoms with Gasteiger partial charge in [0, 0.05) is 5.39 Å². The highest BCUT2D eigenvalue weighted by Gasteiger charge is 2.19. The second-order valence-corrected chi connectivity index (χ2v) is 4.79. The van der Waals surface area contributed by atoms with E-state index in [2.05, 4.69) is 39.0 Å². The number of furan rings is 1. The molecule has 1 heterocycles. The predicted octanol–water partition coefficient (Wildman–Crippen LogP) is 4.18. The normalized spacial score (nSPS) is 13.5. The van der Waals surface area contributed by atoms with Crippen LogP contribution in [0.4, 0.5) is 0 Å². The average Bonchev–Trinajstić information content (AvgIpc) is 2.73. The Kier molecular flexibility index (Phi) is 3.53. The summed E-state index contributed by atoms with van der Waals surface area (Å²) in [5.74, 6) is 1.41. The quantitative estimate of drug-likeness (QED) is 0.857. The fourth-order valence-corrected chi connectivity index (χ4v) is 2.38. The minimum Gasteiger partial charge on any atom is -0.459 e. The van der Waals surface area contributed by atoms with E-state index in [4.69, 9.17) is 10.2 Å². The first-order chi connectivity index (χ1) is 8.15. The summed E-state index contributed by atoms with van der Waals surface area (Å²) >= 11 is 0. The van der Waals surface area contributed by atoms with Crippen LogP contribution in [0.15, 0.2) is 28.7 Å². The zero-order valence-corrected chi connectivity index (χ0v) is 10.9. The van der Waals surface area contributed by atoms with Gasteiger partial charge in [0.2, 0.25) is 0 Å². The topological polar surface area (TPSA) is 39.2 Å². The first kappa shape index (κ1) is 12.2. The molecule has 2 rings (SSSR count). The van der Waals surface area contributed by atoms with Crippen molar-refractivity contribution < 1.29 is 4.42 Å². The van der Waals surface area contributed by atoms with Crippen molar-refractivity contribution in [2.75, 3.05) is 0 Å². The fraction of sp³-hybridized carbons (Fsp3) is 0.467. The standard InChI is InChI=1S/C15H21NO/c1-4-11(5-2)15(16)14-9-12-8-10(3)6-7-13(12)17-14/h6-9,11,15H,4-5,16H2,1-3H3. The molecule has 1 unspecified atom stereocenters. The van der Waals surface area contributed by atoms with Crippen LogP contribution in [-0.2, 0) is 0 Å². The van der Waals surface area contributed by atoms with Crippen LogP contribution in [0.25, 0.3) is 11.0 Å². The molecule has 0 saturated heterocycles. The summed E-state index contributed by atoms with van der Waals surface area (Å²) in [6.07, 6.45) is 2.18. The zero-order chi connectivity index (χ0) is 12.4. The van der Waals surface area contributed by atoms with Gasteiger partial charge in [0.05, 0.1) is 6.04 Å². The lowest BCUT2D eigenvalue weighted by atomic mass is 9.93. The molecule has 0 aliphatic heterocycles. The highest BCUT2D eigenvalue weighted by atomic mass is 16.3. The third kappa shape index (κ3) is 2.37. The molecule has 17 heavy (non-hydrogen) atoms. The minimum absolute atomic E-state index is 0.0118. The largest absolute Gasteiger partial charge is 0.459 e. The van der Waals surface area contributed by atoms with Gasteiger partial charge in [-0.05, 0) is 31.0 Å². The van der Waals surface area contributed by atoms with Gasteiger partial charge in [-0.3, -0.25) is 0 Å². The Hall–Kier alpha value is -1.28. The number of aryl methyl sites for hydroxylation is 1. The van der Waals surface area contributed by atoms with E-state index in [0.717, 1.165) is 29.6 Å². The molecule has 1 atom stereocenters. The van der Waals surface area contributed by atoms with Gasteiger partial charge in [0.15, 0.2) is 0 Å². The molecule has 0 spiro atoms. The first-order valence-electron chi connectivity index (χ1n) is 6.41.